The number of rotatable bonds is 5. The molecule has 4 nitrogen and oxygen atoms in total. The van der Waals surface area contributed by atoms with E-state index in [1.54, 1.807) is 19.2 Å². The maximum absolute atomic E-state index is 11.2. The molecule has 16 heavy (non-hydrogen) atoms. The Morgan fingerprint density at radius 3 is 2.94 bits per heavy atom. The van der Waals surface area contributed by atoms with Crippen LogP contribution in [0, 0.1) is 0 Å². The fraction of sp³-hybridized carbons (Fsp3) is 0.364. The topological polar surface area (TPSA) is 64.3 Å². The predicted octanol–water partition coefficient (Wildman–Crippen LogP) is 1.10. The van der Waals surface area contributed by atoms with Gasteiger partial charge in [-0.15, -0.1) is 0 Å². The number of hydrogen-bond donors (Lipinski definition) is 2. The van der Waals surface area contributed by atoms with Crippen LogP contribution >= 0.6 is 11.6 Å². The van der Waals surface area contributed by atoms with Crippen molar-refractivity contribution in [1.82, 2.24) is 5.32 Å². The van der Waals surface area contributed by atoms with Crippen LogP contribution in [-0.2, 0) is 9.53 Å². The number of carbonyl (C=O) groups excluding carboxylic acids is 1. The number of nitrogens with one attached hydrogen (secondary N) is 1. The number of benzene rings is 1. The second-order valence-electron chi connectivity index (χ2n) is 3.33. The number of halogens is 1. The first-order valence-corrected chi connectivity index (χ1v) is 5.29. The highest BCUT2D eigenvalue weighted by atomic mass is 35.5. The quantitative estimate of drug-likeness (QED) is 0.813. The lowest BCUT2D eigenvalue weighted by Crippen LogP contribution is -2.35. The Kier molecular flexibility index (Phi) is 5.25. The van der Waals surface area contributed by atoms with Crippen molar-refractivity contribution in [3.63, 3.8) is 0 Å². The van der Waals surface area contributed by atoms with Gasteiger partial charge in [0.15, 0.2) is 0 Å². The van der Waals surface area contributed by atoms with Gasteiger partial charge in [-0.3, -0.25) is 4.79 Å². The van der Waals surface area contributed by atoms with Gasteiger partial charge in [-0.05, 0) is 17.7 Å². The van der Waals surface area contributed by atoms with Crippen LogP contribution in [-0.4, -0.2) is 26.2 Å². The highest BCUT2D eigenvalue weighted by Gasteiger charge is 2.13. The lowest BCUT2D eigenvalue weighted by Gasteiger charge is -2.18. The number of ether oxygens (including phenoxy) is 1. The molecule has 0 radical (unpaired) electrons. The average Bonchev–Trinajstić information content (AvgIpc) is 2.28. The molecule has 1 unspecified atom stereocenters. The van der Waals surface area contributed by atoms with E-state index in [0.29, 0.717) is 11.6 Å². The van der Waals surface area contributed by atoms with E-state index in [4.69, 9.17) is 22.1 Å². The predicted molar refractivity (Wildman–Crippen MR) is 63.3 cm³/mol. The summed E-state index contributed by atoms with van der Waals surface area (Å²) in [6.07, 6.45) is 0. The van der Waals surface area contributed by atoms with Gasteiger partial charge in [0, 0.05) is 12.1 Å². The van der Waals surface area contributed by atoms with E-state index in [1.807, 2.05) is 12.1 Å². The molecule has 0 aromatic heterocycles. The van der Waals surface area contributed by atoms with E-state index in [0.717, 1.165) is 5.56 Å². The van der Waals surface area contributed by atoms with Gasteiger partial charge in [-0.2, -0.15) is 0 Å². The minimum Gasteiger partial charge on any atom is -0.382 e. The molecule has 0 aliphatic rings. The Balaban J connectivity index is 2.80. The highest BCUT2D eigenvalue weighted by molar-refractivity contribution is 6.30. The van der Waals surface area contributed by atoms with Crippen molar-refractivity contribution < 1.29 is 9.53 Å². The third kappa shape index (κ3) is 3.81. The number of nitrogens with two attached hydrogens (primary N) is 1. The minimum absolute atomic E-state index is 0.0409. The molecule has 1 atom stereocenters. The molecule has 1 aromatic rings. The van der Waals surface area contributed by atoms with E-state index in [-0.39, 0.29) is 18.5 Å². The van der Waals surface area contributed by atoms with Crippen molar-refractivity contribution in [2.75, 3.05) is 20.3 Å². The van der Waals surface area contributed by atoms with Crippen LogP contribution in [0.3, 0.4) is 0 Å². The molecule has 5 heteroatoms. The van der Waals surface area contributed by atoms with E-state index >= 15 is 0 Å². The van der Waals surface area contributed by atoms with Gasteiger partial charge in [0.25, 0.3) is 0 Å². The molecular formula is C11H15ClN2O2. The van der Waals surface area contributed by atoms with Gasteiger partial charge in [0.05, 0.1) is 19.2 Å². The minimum atomic E-state index is -0.222. The van der Waals surface area contributed by atoms with Crippen LogP contribution in [0.1, 0.15) is 11.6 Å². The first-order chi connectivity index (χ1) is 7.67. The molecule has 0 bridgehead atoms. The van der Waals surface area contributed by atoms with Crippen LogP contribution in [0.4, 0.5) is 0 Å². The largest absolute Gasteiger partial charge is 0.382 e. The van der Waals surface area contributed by atoms with E-state index < -0.39 is 0 Å². The van der Waals surface area contributed by atoms with Crippen LogP contribution in [0.5, 0.6) is 0 Å². The number of methoxy groups -OCH3 is 1. The maximum atomic E-state index is 11.2. The number of hydrogen-bond acceptors (Lipinski definition) is 3. The van der Waals surface area contributed by atoms with Gasteiger partial charge in [0.2, 0.25) is 5.91 Å². The summed E-state index contributed by atoms with van der Waals surface area (Å²) in [7, 11) is 1.58. The molecule has 0 saturated carbocycles. The SMILES string of the molecule is COCC(NC(=O)CN)c1cccc(Cl)c1. The highest BCUT2D eigenvalue weighted by Crippen LogP contribution is 2.17. The monoisotopic (exact) mass is 242 g/mol. The summed E-state index contributed by atoms with van der Waals surface area (Å²) < 4.78 is 5.05. The summed E-state index contributed by atoms with van der Waals surface area (Å²) >= 11 is 5.88. The first-order valence-electron chi connectivity index (χ1n) is 4.91. The van der Waals surface area contributed by atoms with Gasteiger partial charge in [-0.25, -0.2) is 0 Å². The van der Waals surface area contributed by atoms with Crippen molar-refractivity contribution >= 4 is 17.5 Å². The maximum Gasteiger partial charge on any atom is 0.234 e. The van der Waals surface area contributed by atoms with Crippen molar-refractivity contribution in [2.24, 2.45) is 5.73 Å². The van der Waals surface area contributed by atoms with Crippen LogP contribution in [0.15, 0.2) is 24.3 Å². The molecule has 1 amide bonds. The smallest absolute Gasteiger partial charge is 0.234 e. The van der Waals surface area contributed by atoms with E-state index in [9.17, 15) is 4.79 Å². The fourth-order valence-corrected chi connectivity index (χ4v) is 1.56. The van der Waals surface area contributed by atoms with Crippen LogP contribution in [0.25, 0.3) is 0 Å². The second-order valence-corrected chi connectivity index (χ2v) is 3.77. The van der Waals surface area contributed by atoms with Crippen molar-refractivity contribution in [3.8, 4) is 0 Å². The summed E-state index contributed by atoms with van der Waals surface area (Å²) in [5, 5.41) is 3.39. The van der Waals surface area contributed by atoms with Crippen LogP contribution < -0.4 is 11.1 Å². The molecule has 0 aliphatic carbocycles. The molecule has 0 heterocycles. The van der Waals surface area contributed by atoms with Crippen molar-refractivity contribution in [1.29, 1.82) is 0 Å². The van der Waals surface area contributed by atoms with Gasteiger partial charge < -0.3 is 15.8 Å². The summed E-state index contributed by atoms with van der Waals surface area (Å²) in [4.78, 5) is 11.2. The zero-order valence-electron chi connectivity index (χ0n) is 9.07. The number of amides is 1. The average molecular weight is 243 g/mol. The Hall–Kier alpha value is -1.10. The summed E-state index contributed by atoms with van der Waals surface area (Å²) in [6, 6.07) is 7.06. The fourth-order valence-electron chi connectivity index (χ4n) is 1.36. The third-order valence-electron chi connectivity index (χ3n) is 2.10. The summed E-state index contributed by atoms with van der Waals surface area (Å²) in [5.41, 5.74) is 6.14. The normalized spacial score (nSPS) is 12.2. The molecule has 1 aromatic carbocycles. The first kappa shape index (κ1) is 13.0. The van der Waals surface area contributed by atoms with Crippen molar-refractivity contribution in [2.45, 2.75) is 6.04 Å². The Labute approximate surface area is 99.7 Å². The Morgan fingerprint density at radius 1 is 1.62 bits per heavy atom. The molecule has 0 saturated heterocycles. The van der Waals surface area contributed by atoms with Crippen molar-refractivity contribution in [3.05, 3.63) is 34.9 Å². The summed E-state index contributed by atoms with van der Waals surface area (Å²) in [6.45, 7) is 0.340. The molecule has 1 rings (SSSR count). The zero-order valence-corrected chi connectivity index (χ0v) is 9.83. The molecule has 0 fully saturated rings. The molecule has 88 valence electrons. The van der Waals surface area contributed by atoms with E-state index in [1.165, 1.54) is 0 Å². The third-order valence-corrected chi connectivity index (χ3v) is 2.34. The molecular weight excluding hydrogens is 228 g/mol. The van der Waals surface area contributed by atoms with Gasteiger partial charge in [-0.1, -0.05) is 23.7 Å². The van der Waals surface area contributed by atoms with Gasteiger partial charge >= 0.3 is 0 Å². The Morgan fingerprint density at radius 2 is 2.38 bits per heavy atom. The second kappa shape index (κ2) is 6.48. The van der Waals surface area contributed by atoms with Crippen LogP contribution in [0.2, 0.25) is 5.02 Å². The lowest BCUT2D eigenvalue weighted by atomic mass is 10.1. The lowest BCUT2D eigenvalue weighted by molar-refractivity contribution is -0.120. The molecule has 0 aliphatic heterocycles. The zero-order chi connectivity index (χ0) is 12.0. The molecule has 3 N–H and O–H groups in total. The Bertz CT molecular complexity index is 358. The standard InChI is InChI=1S/C11H15ClN2O2/c1-16-7-10(14-11(15)6-13)8-3-2-4-9(12)5-8/h2-5,10H,6-7,13H2,1H3,(H,14,15). The van der Waals surface area contributed by atoms with Gasteiger partial charge in [0.1, 0.15) is 0 Å². The van der Waals surface area contributed by atoms with E-state index in [2.05, 4.69) is 5.32 Å². The number of carbonyl (C=O) groups is 1. The molecule has 0 spiro atoms. The summed E-state index contributed by atoms with van der Waals surface area (Å²) in [5.74, 6) is -0.220.